The number of H-pyrrole nitrogens is 1. The highest BCUT2D eigenvalue weighted by molar-refractivity contribution is 7.99. The second-order valence-electron chi connectivity index (χ2n) is 5.02. The van der Waals surface area contributed by atoms with Crippen LogP contribution in [-0.2, 0) is 7.05 Å². The van der Waals surface area contributed by atoms with Crippen molar-refractivity contribution >= 4 is 11.8 Å². The fraction of sp³-hybridized carbons (Fsp3) is 0.833. The highest BCUT2D eigenvalue weighted by Crippen LogP contribution is 2.37. The van der Waals surface area contributed by atoms with Gasteiger partial charge in [0.1, 0.15) is 0 Å². The number of thioether (sulfide) groups is 1. The van der Waals surface area contributed by atoms with Crippen LogP contribution in [0.1, 0.15) is 33.1 Å². The van der Waals surface area contributed by atoms with Crippen LogP contribution in [0.4, 0.5) is 0 Å². The molecule has 1 fully saturated rings. The van der Waals surface area contributed by atoms with Crippen LogP contribution in [0.3, 0.4) is 0 Å². The molecule has 0 bridgehead atoms. The summed E-state index contributed by atoms with van der Waals surface area (Å²) in [6.45, 7) is 5.58. The summed E-state index contributed by atoms with van der Waals surface area (Å²) < 4.78 is 1.59. The molecular formula is C12H22N4OS. The first kappa shape index (κ1) is 13.7. The minimum Gasteiger partial charge on any atom is -0.314 e. The van der Waals surface area contributed by atoms with E-state index in [1.165, 1.54) is 19.3 Å². The van der Waals surface area contributed by atoms with Gasteiger partial charge in [0.05, 0.1) is 0 Å². The molecule has 3 unspecified atom stereocenters. The SMILES string of the molecule is CCCNC1CCC(Sc2n[nH]c(=O)n2C)C1C. The first-order valence-electron chi connectivity index (χ1n) is 6.65. The molecule has 5 nitrogen and oxygen atoms in total. The molecule has 6 heteroatoms. The molecule has 0 radical (unpaired) electrons. The zero-order valence-corrected chi connectivity index (χ0v) is 12.1. The van der Waals surface area contributed by atoms with Crippen LogP contribution < -0.4 is 11.0 Å². The predicted molar refractivity (Wildman–Crippen MR) is 74.0 cm³/mol. The third-order valence-corrected chi connectivity index (χ3v) is 5.28. The molecule has 1 heterocycles. The summed E-state index contributed by atoms with van der Waals surface area (Å²) in [5.41, 5.74) is -0.135. The summed E-state index contributed by atoms with van der Waals surface area (Å²) >= 11 is 1.72. The third-order valence-electron chi connectivity index (χ3n) is 3.74. The van der Waals surface area contributed by atoms with E-state index in [1.807, 2.05) is 0 Å². The molecule has 0 spiro atoms. The van der Waals surface area contributed by atoms with E-state index in [4.69, 9.17) is 0 Å². The number of nitrogens with one attached hydrogen (secondary N) is 2. The molecule has 0 aromatic carbocycles. The smallest absolute Gasteiger partial charge is 0.314 e. The number of hydrogen-bond donors (Lipinski definition) is 2. The van der Waals surface area contributed by atoms with Crippen molar-refractivity contribution in [3.63, 3.8) is 0 Å². The fourth-order valence-corrected chi connectivity index (χ4v) is 3.75. The second-order valence-corrected chi connectivity index (χ2v) is 6.23. The second kappa shape index (κ2) is 5.93. The molecule has 1 aromatic rings. The van der Waals surface area contributed by atoms with Crippen molar-refractivity contribution in [1.82, 2.24) is 20.1 Å². The largest absolute Gasteiger partial charge is 0.343 e. The average Bonchev–Trinajstić information content (AvgIpc) is 2.86. The molecule has 102 valence electrons. The van der Waals surface area contributed by atoms with Crippen LogP contribution in [0, 0.1) is 5.92 Å². The van der Waals surface area contributed by atoms with Crippen LogP contribution in [0.5, 0.6) is 0 Å². The lowest BCUT2D eigenvalue weighted by atomic mass is 10.1. The molecule has 3 atom stereocenters. The fourth-order valence-electron chi connectivity index (χ4n) is 2.49. The van der Waals surface area contributed by atoms with Gasteiger partial charge in [0.2, 0.25) is 0 Å². The summed E-state index contributed by atoms with van der Waals surface area (Å²) in [6.07, 6.45) is 3.58. The monoisotopic (exact) mass is 270 g/mol. The zero-order chi connectivity index (χ0) is 13.1. The number of aromatic nitrogens is 3. The van der Waals surface area contributed by atoms with Gasteiger partial charge in [-0.2, -0.15) is 0 Å². The summed E-state index contributed by atoms with van der Waals surface area (Å²) in [5.74, 6) is 0.619. The first-order valence-corrected chi connectivity index (χ1v) is 7.53. The topological polar surface area (TPSA) is 62.7 Å². The van der Waals surface area contributed by atoms with E-state index in [-0.39, 0.29) is 5.69 Å². The van der Waals surface area contributed by atoms with Crippen LogP contribution >= 0.6 is 11.8 Å². The Balaban J connectivity index is 1.95. The van der Waals surface area contributed by atoms with E-state index in [1.54, 1.807) is 23.4 Å². The lowest BCUT2D eigenvalue weighted by Crippen LogP contribution is -2.33. The lowest BCUT2D eigenvalue weighted by Gasteiger charge is -2.20. The summed E-state index contributed by atoms with van der Waals surface area (Å²) in [7, 11) is 1.76. The van der Waals surface area contributed by atoms with E-state index < -0.39 is 0 Å². The maximum absolute atomic E-state index is 11.3. The van der Waals surface area contributed by atoms with Crippen molar-refractivity contribution < 1.29 is 0 Å². The Kier molecular flexibility index (Phi) is 4.50. The van der Waals surface area contributed by atoms with Crippen molar-refractivity contribution in [3.05, 3.63) is 10.5 Å². The molecule has 0 amide bonds. The molecule has 2 rings (SSSR count). The number of hydrogen-bond acceptors (Lipinski definition) is 4. The van der Waals surface area contributed by atoms with Crippen LogP contribution in [0.25, 0.3) is 0 Å². The van der Waals surface area contributed by atoms with E-state index in [0.717, 1.165) is 11.7 Å². The zero-order valence-electron chi connectivity index (χ0n) is 11.3. The van der Waals surface area contributed by atoms with Crippen LogP contribution in [-0.4, -0.2) is 32.6 Å². The standard InChI is InChI=1S/C12H22N4OS/c1-4-7-13-9-5-6-10(8(9)2)18-12-15-14-11(17)16(12)3/h8-10,13H,4-7H2,1-3H3,(H,14,17). The maximum atomic E-state index is 11.3. The Morgan fingerprint density at radius 3 is 2.94 bits per heavy atom. The van der Waals surface area contributed by atoms with Gasteiger partial charge in [-0.05, 0) is 31.7 Å². The molecule has 0 aliphatic heterocycles. The predicted octanol–water partition coefficient (Wildman–Crippen LogP) is 1.37. The molecule has 18 heavy (non-hydrogen) atoms. The van der Waals surface area contributed by atoms with E-state index >= 15 is 0 Å². The summed E-state index contributed by atoms with van der Waals surface area (Å²) in [6, 6.07) is 0.610. The highest BCUT2D eigenvalue weighted by atomic mass is 32.2. The Hall–Kier alpha value is -0.750. The Labute approximate surface area is 112 Å². The number of nitrogens with zero attached hydrogens (tertiary/aromatic N) is 2. The Morgan fingerprint density at radius 2 is 2.33 bits per heavy atom. The van der Waals surface area contributed by atoms with Crippen molar-refractivity contribution in [2.75, 3.05) is 6.54 Å². The van der Waals surface area contributed by atoms with Crippen molar-refractivity contribution in [1.29, 1.82) is 0 Å². The van der Waals surface area contributed by atoms with Gasteiger partial charge in [-0.1, -0.05) is 25.6 Å². The number of rotatable bonds is 5. The van der Waals surface area contributed by atoms with Crippen molar-refractivity contribution in [2.24, 2.45) is 13.0 Å². The molecule has 2 N–H and O–H groups in total. The molecular weight excluding hydrogens is 248 g/mol. The Bertz CT molecular complexity index is 442. The molecule has 1 aromatic heterocycles. The average molecular weight is 270 g/mol. The van der Waals surface area contributed by atoms with Gasteiger partial charge >= 0.3 is 5.69 Å². The van der Waals surface area contributed by atoms with E-state index in [0.29, 0.717) is 17.2 Å². The van der Waals surface area contributed by atoms with Crippen LogP contribution in [0.2, 0.25) is 0 Å². The minimum atomic E-state index is -0.135. The van der Waals surface area contributed by atoms with Crippen LogP contribution in [0.15, 0.2) is 9.95 Å². The minimum absolute atomic E-state index is 0.135. The first-order chi connectivity index (χ1) is 8.63. The Morgan fingerprint density at radius 1 is 1.56 bits per heavy atom. The maximum Gasteiger partial charge on any atom is 0.343 e. The molecule has 1 aliphatic carbocycles. The van der Waals surface area contributed by atoms with Gasteiger partial charge in [0, 0.05) is 18.3 Å². The van der Waals surface area contributed by atoms with E-state index in [9.17, 15) is 4.79 Å². The number of aromatic amines is 1. The molecule has 0 saturated heterocycles. The normalized spacial score (nSPS) is 27.8. The van der Waals surface area contributed by atoms with Crippen molar-refractivity contribution in [2.45, 2.75) is 49.6 Å². The summed E-state index contributed by atoms with van der Waals surface area (Å²) in [4.78, 5) is 11.3. The lowest BCUT2D eigenvalue weighted by molar-refractivity contribution is 0.431. The molecule has 1 aliphatic rings. The van der Waals surface area contributed by atoms with Gasteiger partial charge in [0.15, 0.2) is 5.16 Å². The third kappa shape index (κ3) is 2.80. The van der Waals surface area contributed by atoms with E-state index in [2.05, 4.69) is 29.4 Å². The van der Waals surface area contributed by atoms with Gasteiger partial charge in [-0.25, -0.2) is 9.89 Å². The van der Waals surface area contributed by atoms with Gasteiger partial charge in [-0.15, -0.1) is 5.10 Å². The highest BCUT2D eigenvalue weighted by Gasteiger charge is 2.33. The summed E-state index contributed by atoms with van der Waals surface area (Å²) in [5, 5.41) is 11.5. The quantitative estimate of drug-likeness (QED) is 0.848. The molecule has 1 saturated carbocycles. The van der Waals surface area contributed by atoms with Gasteiger partial charge in [0.25, 0.3) is 0 Å². The van der Waals surface area contributed by atoms with Gasteiger partial charge < -0.3 is 5.32 Å². The van der Waals surface area contributed by atoms with Crippen molar-refractivity contribution in [3.8, 4) is 0 Å². The van der Waals surface area contributed by atoms with Gasteiger partial charge in [-0.3, -0.25) is 4.57 Å².